The zero-order chi connectivity index (χ0) is 48.6. The topological polar surface area (TPSA) is 197 Å². The number of methoxy groups -OCH3 is 2. The summed E-state index contributed by atoms with van der Waals surface area (Å²) in [7, 11) is -8.74. The van der Waals surface area contributed by atoms with E-state index < -0.39 is 41.2 Å². The molecule has 1 unspecified atom stereocenters. The number of carboxylic acid groups (broad SMARTS) is 1. The van der Waals surface area contributed by atoms with Crippen LogP contribution >= 0.6 is 0 Å². The van der Waals surface area contributed by atoms with Crippen molar-refractivity contribution in [1.82, 2.24) is 0 Å². The van der Waals surface area contributed by atoms with Crippen LogP contribution < -0.4 is 18.9 Å². The first-order valence-electron chi connectivity index (χ1n) is 20.5. The van der Waals surface area contributed by atoms with Crippen molar-refractivity contribution in [2.45, 2.75) is 63.5 Å². The summed E-state index contributed by atoms with van der Waals surface area (Å²) in [6, 6.07) is 44.3. The van der Waals surface area contributed by atoms with Crippen LogP contribution in [0.2, 0.25) is 0 Å². The smallest absolute Gasteiger partial charge is 0.303 e. The summed E-state index contributed by atoms with van der Waals surface area (Å²) in [5.41, 5.74) is 3.06. The number of hydrogen-bond donors (Lipinski definition) is 2. The van der Waals surface area contributed by atoms with Crippen LogP contribution in [0.3, 0.4) is 0 Å². The molecule has 0 fully saturated rings. The van der Waals surface area contributed by atoms with Gasteiger partial charge in [-0.25, -0.2) is 16.8 Å². The fourth-order valence-corrected chi connectivity index (χ4v) is 10.2. The number of aryl methyl sites for hydroxylation is 2. The van der Waals surface area contributed by atoms with E-state index >= 15 is 0 Å². The Labute approximate surface area is 390 Å². The largest absolute Gasteiger partial charge is 0.497 e. The fraction of sp³-hybridized carbons (Fsp3) is 0.157. The van der Waals surface area contributed by atoms with E-state index in [4.69, 9.17) is 18.9 Å². The van der Waals surface area contributed by atoms with Gasteiger partial charge in [-0.2, -0.15) is 8.42 Å². The highest BCUT2D eigenvalue weighted by molar-refractivity contribution is 7.91. The van der Waals surface area contributed by atoms with Crippen molar-refractivity contribution in [3.63, 3.8) is 0 Å². The summed E-state index contributed by atoms with van der Waals surface area (Å²) in [5.74, 6) is 1.89. The molecule has 0 saturated heterocycles. The van der Waals surface area contributed by atoms with E-state index in [0.29, 0.717) is 40.7 Å². The summed E-state index contributed by atoms with van der Waals surface area (Å²) in [5, 5.41) is 9.32. The SMILES string of the molecule is COc1ccc(S(=O)(=O)c2ccc(Oc3ccc(C(C)(CCC(=O)O)c4ccc(C)cc4)cc3)cc2)cc1.COc1ccc(S(=O)(=O)c2ccc(Oc3ccc(C)c(S(=O)(=O)O)c3)cc2)cc1. The third-order valence-corrected chi connectivity index (χ3v) is 15.5. The van der Waals surface area contributed by atoms with Crippen LogP contribution in [-0.2, 0) is 40.0 Å². The Bertz CT molecular complexity index is 3160. The van der Waals surface area contributed by atoms with Crippen molar-refractivity contribution in [1.29, 1.82) is 0 Å². The molecule has 16 heteroatoms. The maximum atomic E-state index is 12.9. The molecule has 0 aliphatic carbocycles. The highest BCUT2D eigenvalue weighted by Crippen LogP contribution is 2.38. The van der Waals surface area contributed by atoms with Crippen LogP contribution in [0.25, 0.3) is 0 Å². The molecule has 0 aliphatic heterocycles. The van der Waals surface area contributed by atoms with Gasteiger partial charge in [0.1, 0.15) is 39.4 Å². The van der Waals surface area contributed by atoms with Crippen LogP contribution in [-0.4, -0.2) is 55.1 Å². The molecule has 0 heterocycles. The molecule has 348 valence electrons. The molecule has 2 N–H and O–H groups in total. The Hall–Kier alpha value is -6.98. The number of ether oxygens (including phenoxy) is 4. The van der Waals surface area contributed by atoms with Gasteiger partial charge in [-0.15, -0.1) is 0 Å². The zero-order valence-electron chi connectivity index (χ0n) is 37.1. The van der Waals surface area contributed by atoms with Crippen LogP contribution in [0.15, 0.2) is 188 Å². The van der Waals surface area contributed by atoms with Crippen molar-refractivity contribution in [3.8, 4) is 34.5 Å². The summed E-state index contributed by atoms with van der Waals surface area (Å²) >= 11 is 0. The van der Waals surface area contributed by atoms with Gasteiger partial charge in [0.2, 0.25) is 19.7 Å². The lowest BCUT2D eigenvalue weighted by atomic mass is 9.73. The van der Waals surface area contributed by atoms with Crippen LogP contribution in [0.1, 0.15) is 42.0 Å². The maximum absolute atomic E-state index is 12.9. The van der Waals surface area contributed by atoms with Crippen LogP contribution in [0, 0.1) is 13.8 Å². The lowest BCUT2D eigenvalue weighted by Gasteiger charge is -2.31. The first kappa shape index (κ1) is 49.5. The zero-order valence-corrected chi connectivity index (χ0v) is 39.6. The summed E-state index contributed by atoms with van der Waals surface area (Å²) in [4.78, 5) is 11.7. The lowest BCUT2D eigenvalue weighted by molar-refractivity contribution is -0.137. The predicted octanol–water partition coefficient (Wildman–Crippen LogP) is 10.7. The van der Waals surface area contributed by atoms with Gasteiger partial charge < -0.3 is 24.1 Å². The standard InChI is InChI=1S/C31H30O6S.C20H18O7S2/c1-22-4-6-23(7-5-22)31(2,21-20-30(32)33)24-8-10-26(11-9-24)37-27-14-18-29(19-15-27)38(34,35)28-16-12-25(36-3)13-17-28;1-14-3-4-17(13-20(14)29(23,24)25)27-16-7-11-19(12-8-16)28(21,22)18-9-5-15(26-2)6-10-18/h4-19H,20-21H2,1-3H3,(H,32,33);3-13H,1-2H3,(H,23,24,25). The van der Waals surface area contributed by atoms with E-state index in [1.165, 1.54) is 87.0 Å². The van der Waals surface area contributed by atoms with E-state index in [1.54, 1.807) is 49.4 Å². The second-order valence-electron chi connectivity index (χ2n) is 15.5. The Morgan fingerprint density at radius 1 is 0.493 bits per heavy atom. The number of rotatable bonds is 16. The molecule has 7 aromatic rings. The monoisotopic (exact) mass is 964 g/mol. The van der Waals surface area contributed by atoms with Crippen molar-refractivity contribution in [2.24, 2.45) is 0 Å². The van der Waals surface area contributed by atoms with Gasteiger partial charge in [0.15, 0.2) is 0 Å². The third-order valence-electron chi connectivity index (χ3n) is 10.9. The molecule has 7 aromatic carbocycles. The summed E-state index contributed by atoms with van der Waals surface area (Å²) < 4.78 is 105. The first-order chi connectivity index (χ1) is 31.7. The van der Waals surface area contributed by atoms with Gasteiger partial charge in [-0.1, -0.05) is 55.0 Å². The van der Waals surface area contributed by atoms with E-state index in [1.807, 2.05) is 55.5 Å². The Kier molecular flexibility index (Phi) is 15.3. The molecular formula is C51H48O13S3. The van der Waals surface area contributed by atoms with Gasteiger partial charge in [-0.3, -0.25) is 9.35 Å². The van der Waals surface area contributed by atoms with Gasteiger partial charge >= 0.3 is 5.97 Å². The molecule has 0 spiro atoms. The molecular weight excluding hydrogens is 917 g/mol. The lowest BCUT2D eigenvalue weighted by Crippen LogP contribution is -2.24. The third kappa shape index (κ3) is 12.1. The van der Waals surface area contributed by atoms with E-state index in [0.717, 1.165) is 16.7 Å². The second-order valence-corrected chi connectivity index (χ2v) is 20.8. The van der Waals surface area contributed by atoms with Gasteiger partial charge in [0.05, 0.1) is 33.8 Å². The van der Waals surface area contributed by atoms with Crippen molar-refractivity contribution in [2.75, 3.05) is 14.2 Å². The number of sulfone groups is 2. The van der Waals surface area contributed by atoms with E-state index in [-0.39, 0.29) is 36.6 Å². The summed E-state index contributed by atoms with van der Waals surface area (Å²) in [6.07, 6.45) is 0.504. The van der Waals surface area contributed by atoms with Crippen LogP contribution in [0.5, 0.6) is 34.5 Å². The molecule has 7 rings (SSSR count). The minimum absolute atomic E-state index is 0.0500. The number of aliphatic carboxylic acids is 1. The maximum Gasteiger partial charge on any atom is 0.303 e. The molecule has 0 amide bonds. The highest BCUT2D eigenvalue weighted by atomic mass is 32.2. The minimum atomic E-state index is -4.38. The van der Waals surface area contributed by atoms with E-state index in [9.17, 15) is 39.7 Å². The number of benzene rings is 7. The highest BCUT2D eigenvalue weighted by Gasteiger charge is 2.30. The number of carbonyl (C=O) groups is 1. The summed E-state index contributed by atoms with van der Waals surface area (Å²) in [6.45, 7) is 5.62. The second kappa shape index (κ2) is 20.7. The average Bonchev–Trinajstić information content (AvgIpc) is 3.32. The predicted molar refractivity (Wildman–Crippen MR) is 252 cm³/mol. The molecule has 0 aliphatic rings. The van der Waals surface area contributed by atoms with Gasteiger partial charge in [0.25, 0.3) is 10.1 Å². The van der Waals surface area contributed by atoms with Crippen molar-refractivity contribution < 1.29 is 58.7 Å². The molecule has 0 saturated carbocycles. The van der Waals surface area contributed by atoms with Crippen molar-refractivity contribution in [3.05, 3.63) is 186 Å². The molecule has 0 aromatic heterocycles. The Morgan fingerprint density at radius 3 is 1.18 bits per heavy atom. The van der Waals surface area contributed by atoms with Gasteiger partial charge in [-0.05, 0) is 152 Å². The first-order valence-corrected chi connectivity index (χ1v) is 25.0. The van der Waals surface area contributed by atoms with Crippen molar-refractivity contribution >= 4 is 35.8 Å². The number of hydrogen-bond acceptors (Lipinski definition) is 11. The molecule has 67 heavy (non-hydrogen) atoms. The Balaban J connectivity index is 0.000000229. The van der Waals surface area contributed by atoms with E-state index in [2.05, 4.69) is 6.92 Å². The molecule has 1 atom stereocenters. The Morgan fingerprint density at radius 2 is 0.821 bits per heavy atom. The average molecular weight is 965 g/mol. The normalized spacial score (nSPS) is 12.4. The number of carboxylic acids is 1. The molecule has 0 radical (unpaired) electrons. The molecule has 13 nitrogen and oxygen atoms in total. The quantitative estimate of drug-likeness (QED) is 0.0869. The van der Waals surface area contributed by atoms with Crippen LogP contribution in [0.4, 0.5) is 0 Å². The molecule has 0 bridgehead atoms. The minimum Gasteiger partial charge on any atom is -0.497 e. The van der Waals surface area contributed by atoms with Gasteiger partial charge in [0, 0.05) is 17.9 Å². The fourth-order valence-electron chi connectivity index (χ4n) is 6.97.